The lowest BCUT2D eigenvalue weighted by Crippen LogP contribution is -2.21. The molecule has 0 aliphatic rings. The molecule has 110 valence electrons. The highest BCUT2D eigenvalue weighted by Gasteiger charge is 2.18. The van der Waals surface area contributed by atoms with Crippen molar-refractivity contribution in [2.45, 2.75) is 26.3 Å². The number of hydrogen-bond acceptors (Lipinski definition) is 4. The van der Waals surface area contributed by atoms with E-state index in [1.54, 1.807) is 0 Å². The largest absolute Gasteiger partial charge is 0.464 e. The molecule has 0 saturated carbocycles. The van der Waals surface area contributed by atoms with Crippen LogP contribution in [0.4, 0.5) is 0 Å². The van der Waals surface area contributed by atoms with Gasteiger partial charge in [-0.2, -0.15) is 0 Å². The van der Waals surface area contributed by atoms with Crippen LogP contribution in [0.2, 0.25) is 0 Å². The van der Waals surface area contributed by atoms with Crippen LogP contribution in [0.5, 0.6) is 0 Å². The third kappa shape index (κ3) is 2.64. The number of fused-ring (bicyclic) bond motifs is 1. The van der Waals surface area contributed by atoms with Crippen LogP contribution in [-0.4, -0.2) is 11.5 Å². The number of H-pyrrole nitrogens is 1. The van der Waals surface area contributed by atoms with Gasteiger partial charge in [0.15, 0.2) is 5.58 Å². The molecule has 2 aromatic heterocycles. The van der Waals surface area contributed by atoms with E-state index >= 15 is 0 Å². The summed E-state index contributed by atoms with van der Waals surface area (Å²) in [5.74, 6) is 1.39. The summed E-state index contributed by atoms with van der Waals surface area (Å²) < 4.78 is 11.0. The van der Waals surface area contributed by atoms with Gasteiger partial charge >= 0.3 is 5.76 Å². The Morgan fingerprint density at radius 1 is 1.19 bits per heavy atom. The zero-order chi connectivity index (χ0) is 14.8. The summed E-state index contributed by atoms with van der Waals surface area (Å²) in [5.41, 5.74) is 2.26. The highest BCUT2D eigenvalue weighted by atomic mass is 16.4. The smallest absolute Gasteiger partial charge is 0.417 e. The van der Waals surface area contributed by atoms with Gasteiger partial charge in [-0.1, -0.05) is 19.9 Å². The van der Waals surface area contributed by atoms with Gasteiger partial charge in [0.05, 0.1) is 11.6 Å². The van der Waals surface area contributed by atoms with E-state index in [1.807, 2.05) is 37.3 Å². The number of benzene rings is 1. The molecule has 5 heteroatoms. The molecule has 0 amide bonds. The predicted molar refractivity (Wildman–Crippen MR) is 80.4 cm³/mol. The number of aromatic amines is 1. The minimum Gasteiger partial charge on any atom is -0.464 e. The SMILES string of the molecule is CCNC(c1ccc2[nH]c(=O)oc2c1)c1ccc(CC)o1. The van der Waals surface area contributed by atoms with Crippen molar-refractivity contribution in [1.82, 2.24) is 10.3 Å². The van der Waals surface area contributed by atoms with E-state index in [0.717, 1.165) is 30.0 Å². The second-order valence-electron chi connectivity index (χ2n) is 4.92. The van der Waals surface area contributed by atoms with Gasteiger partial charge in [-0.15, -0.1) is 0 Å². The van der Waals surface area contributed by atoms with Crippen molar-refractivity contribution in [3.63, 3.8) is 0 Å². The molecule has 3 rings (SSSR count). The number of furan rings is 1. The zero-order valence-corrected chi connectivity index (χ0v) is 12.1. The quantitative estimate of drug-likeness (QED) is 0.756. The highest BCUT2D eigenvalue weighted by Crippen LogP contribution is 2.26. The van der Waals surface area contributed by atoms with Crippen molar-refractivity contribution < 1.29 is 8.83 Å². The van der Waals surface area contributed by atoms with Crippen molar-refractivity contribution in [3.05, 3.63) is 58.0 Å². The topological polar surface area (TPSA) is 71.2 Å². The number of hydrogen-bond donors (Lipinski definition) is 2. The first-order valence-electron chi connectivity index (χ1n) is 7.16. The number of nitrogens with one attached hydrogen (secondary N) is 2. The average Bonchev–Trinajstić information content (AvgIpc) is 3.09. The minimum absolute atomic E-state index is 0.0556. The van der Waals surface area contributed by atoms with Crippen LogP contribution < -0.4 is 11.1 Å². The monoisotopic (exact) mass is 286 g/mol. The van der Waals surface area contributed by atoms with Crippen LogP contribution in [0.1, 0.15) is 37.0 Å². The Balaban J connectivity index is 2.03. The van der Waals surface area contributed by atoms with Crippen LogP contribution in [0.15, 0.2) is 44.0 Å². The fourth-order valence-corrected chi connectivity index (χ4v) is 2.47. The maximum absolute atomic E-state index is 11.3. The predicted octanol–water partition coefficient (Wildman–Crippen LogP) is 2.98. The van der Waals surface area contributed by atoms with Crippen molar-refractivity contribution in [2.24, 2.45) is 0 Å². The van der Waals surface area contributed by atoms with Gasteiger partial charge in [0.2, 0.25) is 0 Å². The van der Waals surface area contributed by atoms with Gasteiger partial charge in [0.25, 0.3) is 0 Å². The molecule has 3 aromatic rings. The maximum Gasteiger partial charge on any atom is 0.417 e. The molecular weight excluding hydrogens is 268 g/mol. The molecule has 0 aliphatic carbocycles. The Morgan fingerprint density at radius 3 is 2.76 bits per heavy atom. The van der Waals surface area contributed by atoms with Gasteiger partial charge in [-0.05, 0) is 36.4 Å². The van der Waals surface area contributed by atoms with Crippen LogP contribution in [0, 0.1) is 0 Å². The summed E-state index contributed by atoms with van der Waals surface area (Å²) in [7, 11) is 0. The molecule has 2 N–H and O–H groups in total. The number of aryl methyl sites for hydroxylation is 1. The van der Waals surface area contributed by atoms with Crippen molar-refractivity contribution in [1.29, 1.82) is 0 Å². The summed E-state index contributed by atoms with van der Waals surface area (Å²) in [5, 5.41) is 3.40. The molecule has 2 heterocycles. The molecule has 0 bridgehead atoms. The number of rotatable bonds is 5. The molecule has 1 atom stereocenters. The van der Waals surface area contributed by atoms with Crippen molar-refractivity contribution >= 4 is 11.1 Å². The summed E-state index contributed by atoms with van der Waals surface area (Å²) in [6, 6.07) is 9.62. The maximum atomic E-state index is 11.3. The lowest BCUT2D eigenvalue weighted by Gasteiger charge is -2.16. The van der Waals surface area contributed by atoms with E-state index in [4.69, 9.17) is 8.83 Å². The minimum atomic E-state index is -0.437. The summed E-state index contributed by atoms with van der Waals surface area (Å²) in [4.78, 5) is 13.9. The summed E-state index contributed by atoms with van der Waals surface area (Å²) in [6.07, 6.45) is 0.866. The van der Waals surface area contributed by atoms with Gasteiger partial charge in [-0.25, -0.2) is 4.79 Å². The van der Waals surface area contributed by atoms with Crippen LogP contribution in [-0.2, 0) is 6.42 Å². The third-order valence-corrected chi connectivity index (χ3v) is 3.50. The summed E-state index contributed by atoms with van der Waals surface area (Å²) in [6.45, 7) is 4.92. The van der Waals surface area contributed by atoms with E-state index in [2.05, 4.69) is 17.2 Å². The molecule has 5 nitrogen and oxygen atoms in total. The number of aromatic nitrogens is 1. The van der Waals surface area contributed by atoms with Gasteiger partial charge in [-0.3, -0.25) is 4.98 Å². The molecule has 1 aromatic carbocycles. The highest BCUT2D eigenvalue weighted by molar-refractivity contribution is 5.73. The Morgan fingerprint density at radius 2 is 2.05 bits per heavy atom. The molecule has 0 radical (unpaired) electrons. The van der Waals surface area contributed by atoms with E-state index in [0.29, 0.717) is 11.1 Å². The Hall–Kier alpha value is -2.27. The van der Waals surface area contributed by atoms with Gasteiger partial charge < -0.3 is 14.2 Å². The molecule has 0 fully saturated rings. The van der Waals surface area contributed by atoms with Crippen molar-refractivity contribution in [2.75, 3.05) is 6.54 Å². The lowest BCUT2D eigenvalue weighted by molar-refractivity contribution is 0.425. The van der Waals surface area contributed by atoms with Crippen LogP contribution >= 0.6 is 0 Å². The second kappa shape index (κ2) is 5.61. The van der Waals surface area contributed by atoms with Crippen molar-refractivity contribution in [3.8, 4) is 0 Å². The summed E-state index contributed by atoms with van der Waals surface area (Å²) >= 11 is 0. The lowest BCUT2D eigenvalue weighted by atomic mass is 10.0. The molecule has 21 heavy (non-hydrogen) atoms. The Labute approximate surface area is 122 Å². The third-order valence-electron chi connectivity index (χ3n) is 3.50. The van der Waals surface area contributed by atoms with E-state index in [1.165, 1.54) is 0 Å². The fraction of sp³-hybridized carbons (Fsp3) is 0.312. The molecule has 0 spiro atoms. The van der Waals surface area contributed by atoms with Crippen LogP contribution in [0.25, 0.3) is 11.1 Å². The standard InChI is InChI=1S/C16H18N2O3/c1-3-11-6-8-13(20-11)15(17-4-2)10-5-7-12-14(9-10)21-16(19)18-12/h5-9,15,17H,3-4H2,1-2H3,(H,18,19). The van der Waals surface area contributed by atoms with E-state index in [9.17, 15) is 4.79 Å². The van der Waals surface area contributed by atoms with E-state index in [-0.39, 0.29) is 6.04 Å². The molecule has 0 saturated heterocycles. The fourth-order valence-electron chi connectivity index (χ4n) is 2.47. The second-order valence-corrected chi connectivity index (χ2v) is 4.92. The van der Waals surface area contributed by atoms with Gasteiger partial charge in [0, 0.05) is 6.42 Å². The first-order valence-corrected chi connectivity index (χ1v) is 7.16. The zero-order valence-electron chi connectivity index (χ0n) is 12.1. The van der Waals surface area contributed by atoms with Crippen LogP contribution in [0.3, 0.4) is 0 Å². The van der Waals surface area contributed by atoms with E-state index < -0.39 is 5.76 Å². The Kier molecular flexibility index (Phi) is 3.66. The first-order chi connectivity index (χ1) is 10.2. The Bertz CT molecular complexity index is 797. The molecule has 1 unspecified atom stereocenters. The first kappa shape index (κ1) is 13.7. The number of oxazole rings is 1. The average molecular weight is 286 g/mol. The molecule has 0 aliphatic heterocycles. The molecular formula is C16H18N2O3. The normalized spacial score (nSPS) is 12.9. The van der Waals surface area contributed by atoms with Gasteiger partial charge in [0.1, 0.15) is 11.5 Å².